The molecular weight excluding hydrogens is 410 g/mol. The Hall–Kier alpha value is -2.49. The highest BCUT2D eigenvalue weighted by atomic mass is 16.5. The van der Waals surface area contributed by atoms with Crippen molar-refractivity contribution >= 4 is 17.6 Å². The number of amides is 3. The van der Waals surface area contributed by atoms with Crippen molar-refractivity contribution in [2.24, 2.45) is 5.10 Å². The smallest absolute Gasteiger partial charge is 0.349 e. The number of aliphatic hydroxyl groups is 1. The minimum Gasteiger partial charge on any atom is -0.492 e. The number of fused-ring (bicyclic) bond motifs is 1. The Labute approximate surface area is 189 Å². The molecule has 2 unspecified atom stereocenters. The number of likely N-dealkylation sites (N-methyl/N-ethyl adjacent to an activating group) is 1. The minimum absolute atomic E-state index is 0.0530. The van der Waals surface area contributed by atoms with Crippen molar-refractivity contribution in [3.05, 3.63) is 29.3 Å². The molecule has 3 heterocycles. The third-order valence-corrected chi connectivity index (χ3v) is 6.42. The van der Waals surface area contributed by atoms with Crippen molar-refractivity contribution in [2.45, 2.75) is 45.4 Å². The number of piperazine rings is 1. The molecule has 1 aromatic carbocycles. The summed E-state index contributed by atoms with van der Waals surface area (Å²) in [4.78, 5) is 32.2. The van der Waals surface area contributed by atoms with Crippen LogP contribution in [0.4, 0.5) is 4.79 Å². The van der Waals surface area contributed by atoms with E-state index in [0.717, 1.165) is 50.1 Å². The number of carbonyl (C=O) groups excluding carboxylic acids is 2. The molecule has 0 aromatic heterocycles. The minimum atomic E-state index is -0.618. The van der Waals surface area contributed by atoms with Crippen molar-refractivity contribution in [1.29, 1.82) is 0 Å². The maximum absolute atomic E-state index is 13.3. The van der Waals surface area contributed by atoms with Gasteiger partial charge in [0.05, 0.1) is 24.6 Å². The topological polar surface area (TPSA) is 88.9 Å². The van der Waals surface area contributed by atoms with Gasteiger partial charge in [0.1, 0.15) is 12.3 Å². The Morgan fingerprint density at radius 1 is 1.19 bits per heavy atom. The van der Waals surface area contributed by atoms with Crippen LogP contribution in [0.25, 0.3) is 0 Å². The van der Waals surface area contributed by atoms with Crippen molar-refractivity contribution in [3.8, 4) is 5.75 Å². The number of hydrogen-bond donors (Lipinski definition) is 1. The van der Waals surface area contributed by atoms with Crippen LogP contribution in [0.3, 0.4) is 0 Å². The van der Waals surface area contributed by atoms with Crippen LogP contribution in [0.2, 0.25) is 0 Å². The number of hydrogen-bond acceptors (Lipinski definition) is 7. The molecule has 3 aliphatic rings. The van der Waals surface area contributed by atoms with Crippen LogP contribution in [0.1, 0.15) is 50.3 Å². The van der Waals surface area contributed by atoms with E-state index >= 15 is 0 Å². The van der Waals surface area contributed by atoms with E-state index in [4.69, 9.17) is 4.74 Å². The number of urea groups is 1. The third kappa shape index (κ3) is 4.51. The van der Waals surface area contributed by atoms with Crippen molar-refractivity contribution in [1.82, 2.24) is 19.7 Å². The van der Waals surface area contributed by atoms with Gasteiger partial charge in [-0.1, -0.05) is 19.4 Å². The molecule has 0 saturated carbocycles. The summed E-state index contributed by atoms with van der Waals surface area (Å²) in [5, 5.41) is 15.9. The van der Waals surface area contributed by atoms with E-state index < -0.39 is 6.10 Å². The summed E-state index contributed by atoms with van der Waals surface area (Å²) in [7, 11) is 2.09. The van der Waals surface area contributed by atoms with E-state index in [-0.39, 0.29) is 24.6 Å². The van der Waals surface area contributed by atoms with Crippen LogP contribution in [0.15, 0.2) is 23.3 Å². The zero-order valence-electron chi connectivity index (χ0n) is 19.2. The summed E-state index contributed by atoms with van der Waals surface area (Å²) in [6.07, 6.45) is 1.32. The fourth-order valence-electron chi connectivity index (χ4n) is 4.53. The van der Waals surface area contributed by atoms with Gasteiger partial charge < -0.3 is 14.7 Å². The molecule has 1 N–H and O–H groups in total. The molecule has 3 amide bonds. The van der Waals surface area contributed by atoms with E-state index in [9.17, 15) is 14.7 Å². The normalized spacial score (nSPS) is 23.4. The lowest BCUT2D eigenvalue weighted by Gasteiger charge is -2.40. The van der Waals surface area contributed by atoms with E-state index in [1.54, 1.807) is 6.92 Å². The summed E-state index contributed by atoms with van der Waals surface area (Å²) in [6, 6.07) is 5.13. The maximum atomic E-state index is 13.3. The molecule has 174 valence electrons. The van der Waals surface area contributed by atoms with E-state index in [1.165, 1.54) is 9.91 Å². The summed E-state index contributed by atoms with van der Waals surface area (Å²) in [6.45, 7) is 7.69. The van der Waals surface area contributed by atoms with Crippen LogP contribution < -0.4 is 4.74 Å². The number of imide groups is 1. The molecule has 2 atom stereocenters. The lowest BCUT2D eigenvalue weighted by atomic mass is 9.99. The second kappa shape index (κ2) is 9.56. The van der Waals surface area contributed by atoms with Crippen molar-refractivity contribution < 1.29 is 19.4 Å². The Morgan fingerprint density at radius 2 is 1.94 bits per heavy atom. The van der Waals surface area contributed by atoms with E-state index in [2.05, 4.69) is 28.9 Å². The molecular formula is C23H33N5O4. The number of ether oxygens (including phenoxy) is 1. The molecule has 0 bridgehead atoms. The predicted molar refractivity (Wildman–Crippen MR) is 120 cm³/mol. The molecule has 0 spiro atoms. The van der Waals surface area contributed by atoms with Crippen LogP contribution in [0, 0.1) is 0 Å². The summed E-state index contributed by atoms with van der Waals surface area (Å²) >= 11 is 0. The van der Waals surface area contributed by atoms with Gasteiger partial charge >= 0.3 is 6.03 Å². The van der Waals surface area contributed by atoms with E-state index in [0.29, 0.717) is 24.5 Å². The summed E-state index contributed by atoms with van der Waals surface area (Å²) in [5.74, 6) is 0.470. The second-order valence-corrected chi connectivity index (χ2v) is 8.79. The van der Waals surface area contributed by atoms with Gasteiger partial charge in [0, 0.05) is 38.2 Å². The Bertz CT molecular complexity index is 894. The number of nitrogens with zero attached hydrogens (tertiary/aromatic N) is 5. The van der Waals surface area contributed by atoms with Gasteiger partial charge in [0.2, 0.25) is 0 Å². The number of hydrazone groups is 1. The van der Waals surface area contributed by atoms with Crippen LogP contribution in [-0.4, -0.2) is 95.0 Å². The van der Waals surface area contributed by atoms with Gasteiger partial charge in [0.25, 0.3) is 5.91 Å². The number of benzene rings is 1. The van der Waals surface area contributed by atoms with Crippen LogP contribution >= 0.6 is 0 Å². The Morgan fingerprint density at radius 3 is 2.62 bits per heavy atom. The van der Waals surface area contributed by atoms with Gasteiger partial charge in [0.15, 0.2) is 0 Å². The quantitative estimate of drug-likeness (QED) is 0.676. The molecule has 1 aromatic rings. The first-order chi connectivity index (χ1) is 15.4. The highest BCUT2D eigenvalue weighted by molar-refractivity contribution is 6.06. The SMILES string of the molecule is CCCC(N1CCN(C)CC1)N1C(=O)CN(/N=C2\CCOc3ccc(C(C)O)cc32)C1=O. The molecule has 9 nitrogen and oxygen atoms in total. The van der Waals surface area contributed by atoms with Crippen LogP contribution in [-0.2, 0) is 4.79 Å². The maximum Gasteiger partial charge on any atom is 0.349 e. The zero-order valence-corrected chi connectivity index (χ0v) is 19.2. The lowest BCUT2D eigenvalue weighted by molar-refractivity contribution is -0.130. The molecule has 32 heavy (non-hydrogen) atoms. The first-order valence-corrected chi connectivity index (χ1v) is 11.5. The average molecular weight is 444 g/mol. The number of rotatable bonds is 6. The fourth-order valence-corrected chi connectivity index (χ4v) is 4.53. The van der Waals surface area contributed by atoms with Crippen molar-refractivity contribution in [2.75, 3.05) is 46.4 Å². The molecule has 9 heteroatoms. The lowest BCUT2D eigenvalue weighted by Crippen LogP contribution is -2.56. The van der Waals surface area contributed by atoms with Gasteiger partial charge in [-0.25, -0.2) is 14.7 Å². The highest BCUT2D eigenvalue weighted by Crippen LogP contribution is 2.29. The van der Waals surface area contributed by atoms with Gasteiger partial charge in [-0.05, 0) is 38.1 Å². The van der Waals surface area contributed by atoms with Gasteiger partial charge in [-0.2, -0.15) is 5.10 Å². The third-order valence-electron chi connectivity index (χ3n) is 6.42. The Kier molecular flexibility index (Phi) is 6.78. The molecule has 3 aliphatic heterocycles. The molecule has 4 rings (SSSR count). The van der Waals surface area contributed by atoms with Crippen molar-refractivity contribution in [3.63, 3.8) is 0 Å². The second-order valence-electron chi connectivity index (χ2n) is 8.79. The first-order valence-electron chi connectivity index (χ1n) is 11.5. The highest BCUT2D eigenvalue weighted by Gasteiger charge is 2.43. The first kappa shape index (κ1) is 22.7. The standard InChI is InChI=1S/C23H33N5O4/c1-4-5-21(26-11-9-25(3)10-12-26)28-22(30)15-27(23(28)31)24-19-8-13-32-20-7-6-17(16(2)29)14-18(19)20/h6-7,14,16,21,29H,4-5,8-13,15H2,1-3H3/b24-19+. The number of aliphatic hydroxyl groups excluding tert-OH is 1. The zero-order chi connectivity index (χ0) is 22.8. The monoisotopic (exact) mass is 443 g/mol. The molecule has 2 fully saturated rings. The molecule has 2 saturated heterocycles. The van der Waals surface area contributed by atoms with Gasteiger partial charge in [-0.15, -0.1) is 0 Å². The summed E-state index contributed by atoms with van der Waals surface area (Å²) < 4.78 is 5.73. The molecule has 0 radical (unpaired) electrons. The van der Waals surface area contributed by atoms with Gasteiger partial charge in [-0.3, -0.25) is 9.69 Å². The van der Waals surface area contributed by atoms with Crippen LogP contribution in [0.5, 0.6) is 5.75 Å². The van der Waals surface area contributed by atoms with E-state index in [1.807, 2.05) is 18.2 Å². The summed E-state index contributed by atoms with van der Waals surface area (Å²) in [5.41, 5.74) is 2.21. The molecule has 0 aliphatic carbocycles. The predicted octanol–water partition coefficient (Wildman–Crippen LogP) is 1.86. The largest absolute Gasteiger partial charge is 0.492 e. The average Bonchev–Trinajstić information content (AvgIpc) is 3.05. The number of carbonyl (C=O) groups is 2. The fraction of sp³-hybridized carbons (Fsp3) is 0.609. The Balaban J connectivity index is 1.58.